The van der Waals surface area contributed by atoms with E-state index < -0.39 is 0 Å². The highest BCUT2D eigenvalue weighted by Crippen LogP contribution is 2.21. The van der Waals surface area contributed by atoms with Crippen LogP contribution in [0.4, 0.5) is 5.69 Å². The third-order valence-electron chi connectivity index (χ3n) is 2.15. The lowest BCUT2D eigenvalue weighted by atomic mass is 9.86. The van der Waals surface area contributed by atoms with Crippen molar-refractivity contribution in [2.75, 3.05) is 5.32 Å². The number of nitrogens with one attached hydrogen (secondary N) is 1. The number of anilines is 1. The first-order chi connectivity index (χ1) is 7.30. The van der Waals surface area contributed by atoms with E-state index in [4.69, 9.17) is 0 Å². The summed E-state index contributed by atoms with van der Waals surface area (Å²) in [5.74, 6) is -0.0169. The standard InChI is InChI=1S/C13H17NO2/c1-9(15)14-11-7-5-10(6-8-11)12(16)13(2,3)4/h5-8H,1-4H3,(H,14,15). The molecule has 0 radical (unpaired) electrons. The second-order valence-electron chi connectivity index (χ2n) is 4.84. The zero-order chi connectivity index (χ0) is 12.3. The van der Waals surface area contributed by atoms with Gasteiger partial charge in [-0.05, 0) is 24.3 Å². The second-order valence-corrected chi connectivity index (χ2v) is 4.84. The maximum atomic E-state index is 11.9. The number of hydrogen-bond acceptors (Lipinski definition) is 2. The van der Waals surface area contributed by atoms with Crippen LogP contribution in [0.15, 0.2) is 24.3 Å². The van der Waals surface area contributed by atoms with Gasteiger partial charge < -0.3 is 5.32 Å². The van der Waals surface area contributed by atoms with Crippen LogP contribution in [0.1, 0.15) is 38.1 Å². The highest BCUT2D eigenvalue weighted by molar-refractivity contribution is 6.00. The van der Waals surface area contributed by atoms with E-state index in [1.165, 1.54) is 6.92 Å². The monoisotopic (exact) mass is 219 g/mol. The zero-order valence-electron chi connectivity index (χ0n) is 10.1. The van der Waals surface area contributed by atoms with Crippen molar-refractivity contribution >= 4 is 17.4 Å². The Kier molecular flexibility index (Phi) is 3.48. The molecule has 0 heterocycles. The molecule has 0 fully saturated rings. The lowest BCUT2D eigenvalue weighted by Crippen LogP contribution is -2.20. The quantitative estimate of drug-likeness (QED) is 0.777. The van der Waals surface area contributed by atoms with Gasteiger partial charge in [-0.25, -0.2) is 0 Å². The fourth-order valence-corrected chi connectivity index (χ4v) is 1.34. The van der Waals surface area contributed by atoms with E-state index in [0.29, 0.717) is 11.3 Å². The molecule has 0 saturated carbocycles. The Labute approximate surface area is 95.9 Å². The topological polar surface area (TPSA) is 46.2 Å². The molecule has 0 saturated heterocycles. The Bertz CT molecular complexity index is 399. The van der Waals surface area contributed by atoms with E-state index in [2.05, 4.69) is 5.32 Å². The largest absolute Gasteiger partial charge is 0.326 e. The molecule has 1 aromatic rings. The van der Waals surface area contributed by atoms with E-state index in [1.54, 1.807) is 24.3 Å². The molecule has 0 aliphatic heterocycles. The lowest BCUT2D eigenvalue weighted by Gasteiger charge is -2.16. The van der Waals surface area contributed by atoms with Crippen LogP contribution in [-0.2, 0) is 4.79 Å². The third kappa shape index (κ3) is 3.19. The van der Waals surface area contributed by atoms with Gasteiger partial charge in [-0.2, -0.15) is 0 Å². The van der Waals surface area contributed by atoms with Crippen molar-refractivity contribution in [2.45, 2.75) is 27.7 Å². The summed E-state index contributed by atoms with van der Waals surface area (Å²) in [5, 5.41) is 2.66. The molecule has 3 nitrogen and oxygen atoms in total. The van der Waals surface area contributed by atoms with Gasteiger partial charge in [0.1, 0.15) is 0 Å². The summed E-state index contributed by atoms with van der Waals surface area (Å²) < 4.78 is 0. The van der Waals surface area contributed by atoms with Gasteiger partial charge in [-0.3, -0.25) is 9.59 Å². The van der Waals surface area contributed by atoms with Gasteiger partial charge in [0.25, 0.3) is 0 Å². The van der Waals surface area contributed by atoms with Crippen molar-refractivity contribution in [3.8, 4) is 0 Å². The minimum atomic E-state index is -0.379. The van der Waals surface area contributed by atoms with Crippen molar-refractivity contribution < 1.29 is 9.59 Å². The Morgan fingerprint density at radius 2 is 1.56 bits per heavy atom. The van der Waals surface area contributed by atoms with Crippen LogP contribution >= 0.6 is 0 Å². The first-order valence-electron chi connectivity index (χ1n) is 5.23. The van der Waals surface area contributed by atoms with Gasteiger partial charge in [0.05, 0.1) is 0 Å². The van der Waals surface area contributed by atoms with Gasteiger partial charge in [-0.15, -0.1) is 0 Å². The normalized spacial score (nSPS) is 11.0. The summed E-state index contributed by atoms with van der Waals surface area (Å²) in [6.07, 6.45) is 0. The first-order valence-corrected chi connectivity index (χ1v) is 5.23. The molecule has 0 unspecified atom stereocenters. The molecule has 1 rings (SSSR count). The SMILES string of the molecule is CC(=O)Nc1ccc(C(=O)C(C)(C)C)cc1. The van der Waals surface area contributed by atoms with Gasteiger partial charge in [0.2, 0.25) is 5.91 Å². The Morgan fingerprint density at radius 1 is 1.06 bits per heavy atom. The summed E-state index contributed by atoms with van der Waals surface area (Å²) in [4.78, 5) is 22.7. The number of rotatable bonds is 2. The molecule has 86 valence electrons. The van der Waals surface area contributed by atoms with Crippen LogP contribution in [0, 0.1) is 5.41 Å². The number of carbonyl (C=O) groups excluding carboxylic acids is 2. The smallest absolute Gasteiger partial charge is 0.221 e. The van der Waals surface area contributed by atoms with E-state index in [-0.39, 0.29) is 17.1 Å². The first kappa shape index (κ1) is 12.4. The summed E-state index contributed by atoms with van der Waals surface area (Å²) in [7, 11) is 0. The predicted molar refractivity (Wildman–Crippen MR) is 64.5 cm³/mol. The summed E-state index contributed by atoms with van der Waals surface area (Å²) in [6, 6.07) is 6.94. The average Bonchev–Trinajstić information content (AvgIpc) is 2.15. The number of benzene rings is 1. The van der Waals surface area contributed by atoms with Gasteiger partial charge >= 0.3 is 0 Å². The maximum Gasteiger partial charge on any atom is 0.221 e. The van der Waals surface area contributed by atoms with Crippen molar-refractivity contribution in [3.05, 3.63) is 29.8 Å². The van der Waals surface area contributed by atoms with Crippen molar-refractivity contribution in [1.82, 2.24) is 0 Å². The zero-order valence-corrected chi connectivity index (χ0v) is 10.1. The number of carbonyl (C=O) groups is 2. The third-order valence-corrected chi connectivity index (χ3v) is 2.15. The molecule has 0 aliphatic rings. The number of hydrogen-bond donors (Lipinski definition) is 1. The lowest BCUT2D eigenvalue weighted by molar-refractivity contribution is -0.114. The maximum absolute atomic E-state index is 11.9. The number of ketones is 1. The molecule has 0 aromatic heterocycles. The fraction of sp³-hybridized carbons (Fsp3) is 0.385. The molecule has 1 N–H and O–H groups in total. The summed E-state index contributed by atoms with van der Waals surface area (Å²) in [5.41, 5.74) is 0.995. The predicted octanol–water partition coefficient (Wildman–Crippen LogP) is 2.87. The van der Waals surface area contributed by atoms with Crippen LogP contribution in [0.2, 0.25) is 0 Å². The molecule has 16 heavy (non-hydrogen) atoms. The Hall–Kier alpha value is -1.64. The molecule has 3 heteroatoms. The van der Waals surface area contributed by atoms with Crippen LogP contribution in [-0.4, -0.2) is 11.7 Å². The molecule has 0 atom stereocenters. The molecular formula is C13H17NO2. The van der Waals surface area contributed by atoms with E-state index >= 15 is 0 Å². The molecule has 0 aliphatic carbocycles. The number of amides is 1. The highest BCUT2D eigenvalue weighted by atomic mass is 16.1. The van der Waals surface area contributed by atoms with Crippen LogP contribution in [0.25, 0.3) is 0 Å². The van der Waals surface area contributed by atoms with E-state index in [0.717, 1.165) is 0 Å². The van der Waals surface area contributed by atoms with Crippen molar-refractivity contribution in [3.63, 3.8) is 0 Å². The number of Topliss-reactive ketones (excluding diaryl/α,β-unsaturated/α-hetero) is 1. The highest BCUT2D eigenvalue weighted by Gasteiger charge is 2.22. The minimum Gasteiger partial charge on any atom is -0.326 e. The van der Waals surface area contributed by atoms with Gasteiger partial charge in [-0.1, -0.05) is 20.8 Å². The molecule has 0 spiro atoms. The van der Waals surface area contributed by atoms with Crippen molar-refractivity contribution in [2.24, 2.45) is 5.41 Å². The Balaban J connectivity index is 2.87. The summed E-state index contributed by atoms with van der Waals surface area (Å²) >= 11 is 0. The van der Waals surface area contributed by atoms with Crippen LogP contribution < -0.4 is 5.32 Å². The van der Waals surface area contributed by atoms with Gasteiger partial charge in [0.15, 0.2) is 5.78 Å². The molecular weight excluding hydrogens is 202 g/mol. The van der Waals surface area contributed by atoms with Crippen molar-refractivity contribution in [1.29, 1.82) is 0 Å². The molecule has 1 amide bonds. The summed E-state index contributed by atoms with van der Waals surface area (Å²) in [6.45, 7) is 7.11. The minimum absolute atomic E-state index is 0.0990. The van der Waals surface area contributed by atoms with E-state index in [9.17, 15) is 9.59 Å². The second kappa shape index (κ2) is 4.47. The van der Waals surface area contributed by atoms with Crippen LogP contribution in [0.3, 0.4) is 0 Å². The molecule has 1 aromatic carbocycles. The fourth-order valence-electron chi connectivity index (χ4n) is 1.34. The van der Waals surface area contributed by atoms with Gasteiger partial charge in [0, 0.05) is 23.6 Å². The Morgan fingerprint density at radius 3 is 1.94 bits per heavy atom. The van der Waals surface area contributed by atoms with E-state index in [1.807, 2.05) is 20.8 Å². The van der Waals surface area contributed by atoms with Crippen LogP contribution in [0.5, 0.6) is 0 Å². The molecule has 0 bridgehead atoms. The average molecular weight is 219 g/mol.